The van der Waals surface area contributed by atoms with Gasteiger partial charge in [0.1, 0.15) is 0 Å². The summed E-state index contributed by atoms with van der Waals surface area (Å²) in [7, 11) is 0. The van der Waals surface area contributed by atoms with E-state index in [4.69, 9.17) is 0 Å². The molecule has 0 aliphatic rings. The van der Waals surface area contributed by atoms with Gasteiger partial charge in [-0.05, 0) is 38.2 Å². The van der Waals surface area contributed by atoms with Gasteiger partial charge in [-0.3, -0.25) is 4.79 Å². The highest BCUT2D eigenvalue weighted by Crippen LogP contribution is 2.22. The van der Waals surface area contributed by atoms with Gasteiger partial charge in [0.25, 0.3) is 0 Å². The van der Waals surface area contributed by atoms with Crippen LogP contribution in [0.1, 0.15) is 33.5 Å². The second-order valence-corrected chi connectivity index (χ2v) is 5.97. The lowest BCUT2D eigenvalue weighted by Gasteiger charge is -2.07. The summed E-state index contributed by atoms with van der Waals surface area (Å²) in [5, 5.41) is 0. The van der Waals surface area contributed by atoms with Gasteiger partial charge in [0.2, 0.25) is 0 Å². The Morgan fingerprint density at radius 3 is 2.35 bits per heavy atom. The first-order chi connectivity index (χ1) is 9.60. The average Bonchev–Trinajstić information content (AvgIpc) is 2.43. The maximum Gasteiger partial charge on any atom is 0.164 e. The fraction of sp³-hybridized carbons (Fsp3) is 0.278. The molecule has 0 radical (unpaired) electrons. The summed E-state index contributed by atoms with van der Waals surface area (Å²) in [6.45, 7) is 4.20. The van der Waals surface area contributed by atoms with Crippen LogP contribution in [0.4, 0.5) is 0 Å². The normalized spacial score (nSPS) is 10.6. The van der Waals surface area contributed by atoms with Crippen LogP contribution in [0.15, 0.2) is 47.4 Å². The predicted octanol–water partition coefficient (Wildman–Crippen LogP) is 4.84. The van der Waals surface area contributed by atoms with Crippen LogP contribution in [0.25, 0.3) is 0 Å². The van der Waals surface area contributed by atoms with Gasteiger partial charge < -0.3 is 0 Å². The number of thioether (sulfide) groups is 1. The predicted molar refractivity (Wildman–Crippen MR) is 86.8 cm³/mol. The van der Waals surface area contributed by atoms with E-state index in [0.717, 1.165) is 16.9 Å². The number of hydrogen-bond donors (Lipinski definition) is 0. The highest BCUT2D eigenvalue weighted by Gasteiger charge is 2.10. The lowest BCUT2D eigenvalue weighted by atomic mass is 10.00. The smallest absolute Gasteiger partial charge is 0.164 e. The Balaban J connectivity index is 2.08. The molecule has 0 aliphatic heterocycles. The number of ketones is 1. The zero-order valence-corrected chi connectivity index (χ0v) is 13.1. The Bertz CT molecular complexity index is 596. The van der Waals surface area contributed by atoms with Crippen molar-refractivity contribution >= 4 is 17.5 Å². The first-order valence-corrected chi connectivity index (χ1v) is 8.06. The van der Waals surface area contributed by atoms with E-state index in [1.54, 1.807) is 11.8 Å². The van der Waals surface area contributed by atoms with Gasteiger partial charge in [-0.1, -0.05) is 47.5 Å². The first kappa shape index (κ1) is 14.9. The molecular weight excluding hydrogens is 264 g/mol. The Hall–Kier alpha value is -1.54. The van der Waals surface area contributed by atoms with Crippen molar-refractivity contribution in [2.45, 2.75) is 31.6 Å². The Kier molecular flexibility index (Phi) is 5.02. The summed E-state index contributed by atoms with van der Waals surface area (Å²) >= 11 is 1.63. The van der Waals surface area contributed by atoms with E-state index >= 15 is 0 Å². The number of aryl methyl sites for hydroxylation is 3. The molecule has 2 aromatic rings. The van der Waals surface area contributed by atoms with Crippen molar-refractivity contribution in [2.24, 2.45) is 0 Å². The molecule has 1 nitrogen and oxygen atoms in total. The molecule has 0 aromatic heterocycles. The van der Waals surface area contributed by atoms with Crippen molar-refractivity contribution in [1.29, 1.82) is 0 Å². The largest absolute Gasteiger partial charge is 0.294 e. The molecule has 0 heterocycles. The average molecular weight is 284 g/mol. The summed E-state index contributed by atoms with van der Waals surface area (Å²) in [5.41, 5.74) is 4.62. The third-order valence-corrected chi connectivity index (χ3v) is 4.13. The minimum absolute atomic E-state index is 0.231. The molecular formula is C18H20OS. The van der Waals surface area contributed by atoms with Gasteiger partial charge in [-0.15, -0.1) is 11.8 Å². The molecule has 0 atom stereocenters. The van der Waals surface area contributed by atoms with E-state index in [1.165, 1.54) is 16.7 Å². The number of carbonyl (C=O) groups is 1. The standard InChI is InChI=1S/C18H20OS/c1-13-10-14(2)12-15(11-13)8-9-17(19)16-6-4-5-7-18(16)20-3/h4-7,10-12H,8-9H2,1-3H3. The third-order valence-electron chi connectivity index (χ3n) is 3.33. The van der Waals surface area contributed by atoms with E-state index < -0.39 is 0 Å². The molecule has 0 saturated carbocycles. The van der Waals surface area contributed by atoms with Gasteiger partial charge in [-0.25, -0.2) is 0 Å². The van der Waals surface area contributed by atoms with Crippen LogP contribution >= 0.6 is 11.8 Å². The number of hydrogen-bond acceptors (Lipinski definition) is 2. The fourth-order valence-corrected chi connectivity index (χ4v) is 3.10. The molecule has 0 amide bonds. The highest BCUT2D eigenvalue weighted by atomic mass is 32.2. The minimum Gasteiger partial charge on any atom is -0.294 e. The quantitative estimate of drug-likeness (QED) is 0.577. The number of Topliss-reactive ketones (excluding diaryl/α,β-unsaturated/α-hetero) is 1. The van der Waals surface area contributed by atoms with Gasteiger partial charge in [-0.2, -0.15) is 0 Å². The lowest BCUT2D eigenvalue weighted by Crippen LogP contribution is -2.03. The zero-order chi connectivity index (χ0) is 14.5. The van der Waals surface area contributed by atoms with E-state index in [-0.39, 0.29) is 5.78 Å². The van der Waals surface area contributed by atoms with Gasteiger partial charge in [0.05, 0.1) is 0 Å². The van der Waals surface area contributed by atoms with Crippen LogP contribution in [-0.4, -0.2) is 12.0 Å². The molecule has 0 bridgehead atoms. The van der Waals surface area contributed by atoms with Crippen molar-refractivity contribution in [3.05, 3.63) is 64.7 Å². The van der Waals surface area contributed by atoms with Gasteiger partial charge in [0.15, 0.2) is 5.78 Å². The van der Waals surface area contributed by atoms with E-state index in [2.05, 4.69) is 32.0 Å². The van der Waals surface area contributed by atoms with Crippen molar-refractivity contribution < 1.29 is 4.79 Å². The van der Waals surface area contributed by atoms with Crippen molar-refractivity contribution in [2.75, 3.05) is 6.26 Å². The Labute approximate surface area is 125 Å². The topological polar surface area (TPSA) is 17.1 Å². The van der Waals surface area contributed by atoms with Gasteiger partial charge >= 0.3 is 0 Å². The third kappa shape index (κ3) is 3.73. The van der Waals surface area contributed by atoms with Crippen LogP contribution < -0.4 is 0 Å². The molecule has 0 N–H and O–H groups in total. The summed E-state index contributed by atoms with van der Waals surface area (Å²) < 4.78 is 0. The molecule has 2 aromatic carbocycles. The molecule has 20 heavy (non-hydrogen) atoms. The van der Waals surface area contributed by atoms with E-state index in [9.17, 15) is 4.79 Å². The number of rotatable bonds is 5. The summed E-state index contributed by atoms with van der Waals surface area (Å²) in [4.78, 5) is 13.4. The summed E-state index contributed by atoms with van der Waals surface area (Å²) in [5.74, 6) is 0.231. The van der Waals surface area contributed by atoms with Crippen LogP contribution in [0.3, 0.4) is 0 Å². The van der Waals surface area contributed by atoms with Crippen molar-refractivity contribution in [3.8, 4) is 0 Å². The zero-order valence-electron chi connectivity index (χ0n) is 12.3. The van der Waals surface area contributed by atoms with Crippen LogP contribution in [0.2, 0.25) is 0 Å². The monoisotopic (exact) mass is 284 g/mol. The van der Waals surface area contributed by atoms with Crippen LogP contribution in [0.5, 0.6) is 0 Å². The van der Waals surface area contributed by atoms with Crippen LogP contribution in [0, 0.1) is 13.8 Å². The van der Waals surface area contributed by atoms with E-state index in [0.29, 0.717) is 6.42 Å². The molecule has 0 aliphatic carbocycles. The Morgan fingerprint density at radius 2 is 1.70 bits per heavy atom. The number of benzene rings is 2. The van der Waals surface area contributed by atoms with Crippen molar-refractivity contribution in [3.63, 3.8) is 0 Å². The maximum absolute atomic E-state index is 12.4. The second-order valence-electron chi connectivity index (χ2n) is 5.12. The summed E-state index contributed by atoms with van der Waals surface area (Å²) in [6, 6.07) is 14.3. The second kappa shape index (κ2) is 6.76. The molecule has 2 rings (SSSR count). The first-order valence-electron chi connectivity index (χ1n) is 6.83. The van der Waals surface area contributed by atoms with Crippen LogP contribution in [-0.2, 0) is 6.42 Å². The maximum atomic E-state index is 12.4. The van der Waals surface area contributed by atoms with Gasteiger partial charge in [0, 0.05) is 16.9 Å². The molecule has 0 fully saturated rings. The molecule has 104 valence electrons. The highest BCUT2D eigenvalue weighted by molar-refractivity contribution is 7.98. The molecule has 0 saturated heterocycles. The Morgan fingerprint density at radius 1 is 1.05 bits per heavy atom. The molecule has 2 heteroatoms. The van der Waals surface area contributed by atoms with E-state index in [1.807, 2.05) is 30.5 Å². The minimum atomic E-state index is 0.231. The number of carbonyl (C=O) groups excluding carboxylic acids is 1. The summed E-state index contributed by atoms with van der Waals surface area (Å²) in [6.07, 6.45) is 3.39. The SMILES string of the molecule is CSc1ccccc1C(=O)CCc1cc(C)cc(C)c1. The molecule has 0 spiro atoms. The molecule has 0 unspecified atom stereocenters. The fourth-order valence-electron chi connectivity index (χ4n) is 2.48. The van der Waals surface area contributed by atoms with Crippen molar-refractivity contribution in [1.82, 2.24) is 0 Å². The lowest BCUT2D eigenvalue weighted by molar-refractivity contribution is 0.0980.